The number of nitrogens with one attached hydrogen (secondary N) is 1. The van der Waals surface area contributed by atoms with E-state index in [1.807, 2.05) is 6.07 Å². The number of benzene rings is 1. The number of nitriles is 1. The molecule has 1 aromatic carbocycles. The Balaban J connectivity index is 1.57. The Morgan fingerprint density at radius 1 is 1.14 bits per heavy atom. The number of sulfone groups is 1. The van der Waals surface area contributed by atoms with Gasteiger partial charge in [-0.3, -0.25) is 19.5 Å². The maximum Gasteiger partial charge on any atom is 0.411 e. The van der Waals surface area contributed by atoms with Gasteiger partial charge in [0.1, 0.15) is 28.7 Å². The molecule has 3 fully saturated rings. The predicted molar refractivity (Wildman–Crippen MR) is 175 cm³/mol. The first-order valence-electron chi connectivity index (χ1n) is 15.3. The minimum absolute atomic E-state index is 0.0891. The van der Waals surface area contributed by atoms with Crippen LogP contribution in [-0.4, -0.2) is 89.2 Å². The van der Waals surface area contributed by atoms with Crippen molar-refractivity contribution in [2.75, 3.05) is 19.8 Å². The van der Waals surface area contributed by atoms with E-state index < -0.39 is 104 Å². The van der Waals surface area contributed by atoms with E-state index in [9.17, 15) is 41.2 Å². The Kier molecular flexibility index (Phi) is 9.92. The van der Waals surface area contributed by atoms with Gasteiger partial charge in [-0.2, -0.15) is 18.4 Å². The summed E-state index contributed by atoms with van der Waals surface area (Å²) in [4.78, 5) is 47.4. The van der Waals surface area contributed by atoms with Crippen molar-refractivity contribution < 1.29 is 45.1 Å². The second-order valence-electron chi connectivity index (χ2n) is 13.4. The SMILES string of the molecule is CP(c1ccc(S(=O)(=O)C2C[C@@H](C(=O)NC3(C#N)CC3)N(C(=O)C3(c4ncc(Cl)cc4F)CCN3C(=O)OC(C)(C)C)C2)c(Cl)c1)C(F)(F)F. The van der Waals surface area contributed by atoms with Crippen LogP contribution in [0.4, 0.5) is 22.4 Å². The van der Waals surface area contributed by atoms with Crippen LogP contribution in [0.2, 0.25) is 10.0 Å². The first-order chi connectivity index (χ1) is 23.1. The number of alkyl halides is 3. The molecule has 0 bridgehead atoms. The first-order valence-corrected chi connectivity index (χ1v) is 19.4. The van der Waals surface area contributed by atoms with Crippen molar-refractivity contribution in [3.8, 4) is 6.07 Å². The van der Waals surface area contributed by atoms with Gasteiger partial charge in [0.15, 0.2) is 15.4 Å². The van der Waals surface area contributed by atoms with Gasteiger partial charge in [0.05, 0.1) is 26.3 Å². The molecule has 5 rings (SSSR count). The summed E-state index contributed by atoms with van der Waals surface area (Å²) >= 11 is 12.2. The lowest BCUT2D eigenvalue weighted by Gasteiger charge is -2.52. The minimum atomic E-state index is -4.56. The van der Waals surface area contributed by atoms with Gasteiger partial charge in [0.25, 0.3) is 5.91 Å². The van der Waals surface area contributed by atoms with Gasteiger partial charge in [-0.05, 0) is 70.2 Å². The van der Waals surface area contributed by atoms with E-state index in [1.54, 1.807) is 20.8 Å². The second-order valence-corrected chi connectivity index (χ2v) is 18.6. The van der Waals surface area contributed by atoms with Gasteiger partial charge in [-0.25, -0.2) is 17.6 Å². The number of hydrogen-bond donors (Lipinski definition) is 1. The van der Waals surface area contributed by atoms with Crippen molar-refractivity contribution in [2.45, 2.75) is 85.2 Å². The van der Waals surface area contributed by atoms with Crippen LogP contribution in [0, 0.1) is 17.1 Å². The highest BCUT2D eigenvalue weighted by atomic mass is 35.5. The molecular formula is C31H32Cl2F4N5O6PS. The molecule has 2 aromatic rings. The van der Waals surface area contributed by atoms with Crippen LogP contribution in [0.3, 0.4) is 0 Å². The summed E-state index contributed by atoms with van der Waals surface area (Å²) in [7, 11) is -7.22. The monoisotopic (exact) mass is 779 g/mol. The Bertz CT molecular complexity index is 1900. The molecule has 1 aliphatic carbocycles. The van der Waals surface area contributed by atoms with E-state index in [4.69, 9.17) is 27.9 Å². The van der Waals surface area contributed by atoms with Crippen LogP contribution < -0.4 is 10.6 Å². The lowest BCUT2D eigenvalue weighted by atomic mass is 9.79. The van der Waals surface area contributed by atoms with Crippen molar-refractivity contribution in [1.29, 1.82) is 5.26 Å². The number of pyridine rings is 1. The highest BCUT2D eigenvalue weighted by molar-refractivity contribution is 7.92. The average Bonchev–Trinajstić information content (AvgIpc) is 3.60. The Morgan fingerprint density at radius 3 is 2.30 bits per heavy atom. The van der Waals surface area contributed by atoms with E-state index in [1.165, 1.54) is 0 Å². The van der Waals surface area contributed by atoms with Crippen molar-refractivity contribution >= 4 is 64.2 Å². The summed E-state index contributed by atoms with van der Waals surface area (Å²) in [5.41, 5.74) is -4.95. The zero-order valence-corrected chi connectivity index (χ0v) is 30.4. The third-order valence-electron chi connectivity index (χ3n) is 8.91. The van der Waals surface area contributed by atoms with Crippen LogP contribution in [0.1, 0.15) is 52.1 Å². The molecule has 19 heteroatoms. The summed E-state index contributed by atoms with van der Waals surface area (Å²) in [6.07, 6.45) is -0.00434. The zero-order valence-electron chi connectivity index (χ0n) is 27.1. The molecule has 1 saturated carbocycles. The summed E-state index contributed by atoms with van der Waals surface area (Å²) in [6.45, 7) is 4.96. The lowest BCUT2D eigenvalue weighted by molar-refractivity contribution is -0.158. The fourth-order valence-corrected chi connectivity index (χ4v) is 9.37. The summed E-state index contributed by atoms with van der Waals surface area (Å²) in [5, 5.41) is 9.87. The normalized spacial score (nSPS) is 23.8. The van der Waals surface area contributed by atoms with Gasteiger partial charge < -0.3 is 15.0 Å². The zero-order chi connectivity index (χ0) is 37.2. The molecule has 1 aromatic heterocycles. The second kappa shape index (κ2) is 13.1. The number of carbonyl (C=O) groups is 3. The minimum Gasteiger partial charge on any atom is -0.444 e. The molecule has 50 heavy (non-hydrogen) atoms. The molecule has 1 N–H and O–H groups in total. The number of likely N-dealkylation sites (tertiary alicyclic amines) is 2. The Hall–Kier alpha value is -3.25. The van der Waals surface area contributed by atoms with E-state index >= 15 is 4.39 Å². The molecule has 0 radical (unpaired) electrons. The van der Waals surface area contributed by atoms with Crippen molar-refractivity contribution in [2.24, 2.45) is 0 Å². The number of halogens is 6. The highest BCUT2D eigenvalue weighted by Gasteiger charge is 2.62. The predicted octanol–water partition coefficient (Wildman–Crippen LogP) is 5.24. The Labute approximate surface area is 296 Å². The van der Waals surface area contributed by atoms with Gasteiger partial charge in [0, 0.05) is 33.6 Å². The molecule has 3 unspecified atom stereocenters. The largest absolute Gasteiger partial charge is 0.444 e. The number of ether oxygens (including phenoxy) is 1. The number of rotatable bonds is 7. The number of amides is 3. The molecule has 270 valence electrons. The smallest absolute Gasteiger partial charge is 0.411 e. The molecule has 3 aliphatic rings. The van der Waals surface area contributed by atoms with Crippen LogP contribution in [0.5, 0.6) is 0 Å². The number of nitrogens with zero attached hydrogens (tertiary/aromatic N) is 4. The van der Waals surface area contributed by atoms with Crippen LogP contribution >= 0.6 is 31.1 Å². The summed E-state index contributed by atoms with van der Waals surface area (Å²) in [5.74, 6) is -7.50. The van der Waals surface area contributed by atoms with Gasteiger partial charge in [0.2, 0.25) is 5.91 Å². The maximum atomic E-state index is 15.6. The van der Waals surface area contributed by atoms with E-state index in [2.05, 4.69) is 10.3 Å². The first kappa shape index (κ1) is 38.0. The number of hydrogen-bond acceptors (Lipinski definition) is 8. The fraction of sp³-hybridized carbons (Fsp3) is 0.516. The summed E-state index contributed by atoms with van der Waals surface area (Å²) < 4.78 is 89.4. The van der Waals surface area contributed by atoms with Crippen molar-refractivity contribution in [1.82, 2.24) is 20.1 Å². The lowest BCUT2D eigenvalue weighted by Crippen LogP contribution is -2.69. The number of carbonyl (C=O) groups excluding carboxylic acids is 3. The fourth-order valence-electron chi connectivity index (χ4n) is 6.00. The van der Waals surface area contributed by atoms with E-state index in [0.717, 1.165) is 46.9 Å². The molecule has 2 aliphatic heterocycles. The molecule has 3 heterocycles. The third kappa shape index (κ3) is 6.98. The van der Waals surface area contributed by atoms with Crippen LogP contribution in [-0.2, 0) is 29.7 Å². The Morgan fingerprint density at radius 2 is 1.80 bits per heavy atom. The maximum absolute atomic E-state index is 15.6. The van der Waals surface area contributed by atoms with Gasteiger partial charge >= 0.3 is 12.0 Å². The molecule has 0 spiro atoms. The molecular weight excluding hydrogens is 748 g/mol. The number of aromatic nitrogens is 1. The third-order valence-corrected chi connectivity index (χ3v) is 13.5. The van der Waals surface area contributed by atoms with Gasteiger partial charge in [-0.1, -0.05) is 29.3 Å². The topological polar surface area (TPSA) is 150 Å². The quantitative estimate of drug-likeness (QED) is 0.297. The standard InChI is InChI=1S/C31H32Cl2F4N5O6PS/c1-28(2,3)48-27(45)42-10-9-30(42,24-21(34)11-17(32)14-39-24)26(44)41-15-19(13-22(41)25(43)40-29(16-38)7-8-29)50(46,47)23-6-5-18(12-20(23)33)49(4)31(35,36)37/h5-6,11-12,14,19,22H,7-10,13,15H2,1-4H3,(H,40,43)/t19?,22-,30?,49?/m0/s1. The van der Waals surface area contributed by atoms with E-state index in [0.29, 0.717) is 12.8 Å². The van der Waals surface area contributed by atoms with Crippen molar-refractivity contribution in [3.63, 3.8) is 0 Å². The van der Waals surface area contributed by atoms with Crippen LogP contribution in [0.25, 0.3) is 0 Å². The molecule has 2 saturated heterocycles. The summed E-state index contributed by atoms with van der Waals surface area (Å²) in [6, 6.07) is 4.25. The molecule has 11 nitrogen and oxygen atoms in total. The molecule has 3 amide bonds. The van der Waals surface area contributed by atoms with Gasteiger partial charge in [-0.15, -0.1) is 0 Å². The van der Waals surface area contributed by atoms with Crippen molar-refractivity contribution in [3.05, 3.63) is 52.0 Å². The molecule has 4 atom stereocenters. The average molecular weight is 781 g/mol. The van der Waals surface area contributed by atoms with E-state index in [-0.39, 0.29) is 23.3 Å². The van der Waals surface area contributed by atoms with Crippen LogP contribution in [0.15, 0.2) is 35.4 Å². The highest BCUT2D eigenvalue weighted by Crippen LogP contribution is 2.50.